The Kier molecular flexibility index (Phi) is 4.85. The lowest BCUT2D eigenvalue weighted by atomic mass is 9.98. The van der Waals surface area contributed by atoms with Gasteiger partial charge in [0.15, 0.2) is 0 Å². The lowest BCUT2D eigenvalue weighted by molar-refractivity contribution is -0.132. The van der Waals surface area contributed by atoms with Gasteiger partial charge in [-0.05, 0) is 18.1 Å². The molecule has 6 nitrogen and oxygen atoms in total. The highest BCUT2D eigenvalue weighted by molar-refractivity contribution is 5.90. The van der Waals surface area contributed by atoms with Crippen molar-refractivity contribution in [3.05, 3.63) is 23.3 Å². The summed E-state index contributed by atoms with van der Waals surface area (Å²) in [6.45, 7) is 6.05. The van der Waals surface area contributed by atoms with Gasteiger partial charge < -0.3 is 14.6 Å². The monoisotopic (exact) mass is 280 g/mol. The summed E-state index contributed by atoms with van der Waals surface area (Å²) >= 11 is 0. The normalized spacial score (nSPS) is 10.2. The van der Waals surface area contributed by atoms with Gasteiger partial charge in [-0.2, -0.15) is 0 Å². The first-order valence-corrected chi connectivity index (χ1v) is 6.00. The Morgan fingerprint density at radius 1 is 1.00 bits per heavy atom. The summed E-state index contributed by atoms with van der Waals surface area (Å²) in [7, 11) is 0. The Balaban J connectivity index is 3.51. The van der Waals surface area contributed by atoms with Crippen LogP contribution in [0.25, 0.3) is 0 Å². The first kappa shape index (κ1) is 15.7. The molecule has 0 atom stereocenters. The number of ether oxygens (including phenoxy) is 2. The van der Waals surface area contributed by atoms with E-state index in [1.54, 1.807) is 0 Å². The Morgan fingerprint density at radius 2 is 1.40 bits per heavy atom. The van der Waals surface area contributed by atoms with E-state index in [-0.39, 0.29) is 23.0 Å². The van der Waals surface area contributed by atoms with E-state index in [1.807, 2.05) is 13.8 Å². The van der Waals surface area contributed by atoms with Crippen molar-refractivity contribution in [3.8, 4) is 11.5 Å². The Bertz CT molecular complexity index is 522. The molecular formula is C14H16O6. The highest BCUT2D eigenvalue weighted by Gasteiger charge is 2.21. The molecule has 0 spiro atoms. The second-order valence-electron chi connectivity index (χ2n) is 4.53. The SMILES string of the molecule is CC(=O)Oc1cc(C(=O)O)cc(OC(C)=O)c1C(C)C. The van der Waals surface area contributed by atoms with Gasteiger partial charge in [0.2, 0.25) is 0 Å². The fraction of sp³-hybridized carbons (Fsp3) is 0.357. The molecular weight excluding hydrogens is 264 g/mol. The van der Waals surface area contributed by atoms with Crippen molar-refractivity contribution in [1.82, 2.24) is 0 Å². The third-order valence-corrected chi connectivity index (χ3v) is 2.44. The molecule has 1 aromatic rings. The summed E-state index contributed by atoms with van der Waals surface area (Å²) in [5, 5.41) is 9.05. The van der Waals surface area contributed by atoms with Gasteiger partial charge >= 0.3 is 17.9 Å². The number of carboxylic acid groups (broad SMARTS) is 1. The summed E-state index contributed by atoms with van der Waals surface area (Å²) < 4.78 is 10.1. The topological polar surface area (TPSA) is 89.9 Å². The molecule has 0 aliphatic carbocycles. The zero-order valence-corrected chi connectivity index (χ0v) is 11.7. The van der Waals surface area contributed by atoms with Gasteiger partial charge in [0, 0.05) is 19.4 Å². The summed E-state index contributed by atoms with van der Waals surface area (Å²) in [5.74, 6) is -2.32. The smallest absolute Gasteiger partial charge is 0.335 e. The molecule has 1 rings (SSSR count). The minimum atomic E-state index is -1.21. The second-order valence-corrected chi connectivity index (χ2v) is 4.53. The van der Waals surface area contributed by atoms with Crippen molar-refractivity contribution in [2.75, 3.05) is 0 Å². The molecule has 0 saturated carbocycles. The van der Waals surface area contributed by atoms with Crippen LogP contribution in [-0.4, -0.2) is 23.0 Å². The van der Waals surface area contributed by atoms with E-state index in [0.717, 1.165) is 0 Å². The minimum absolute atomic E-state index is 0.0867. The van der Waals surface area contributed by atoms with Gasteiger partial charge in [-0.1, -0.05) is 13.8 Å². The number of carbonyl (C=O) groups is 3. The van der Waals surface area contributed by atoms with Gasteiger partial charge in [0.05, 0.1) is 5.56 Å². The summed E-state index contributed by atoms with van der Waals surface area (Å²) in [6.07, 6.45) is 0. The number of carbonyl (C=O) groups excluding carboxylic acids is 2. The molecule has 6 heteroatoms. The van der Waals surface area contributed by atoms with Gasteiger partial charge in [-0.15, -0.1) is 0 Å². The van der Waals surface area contributed by atoms with Crippen molar-refractivity contribution in [3.63, 3.8) is 0 Å². The second kappa shape index (κ2) is 6.18. The van der Waals surface area contributed by atoms with Crippen LogP contribution in [0, 0.1) is 0 Å². The summed E-state index contributed by atoms with van der Waals surface area (Å²) in [4.78, 5) is 33.3. The Morgan fingerprint density at radius 3 is 1.65 bits per heavy atom. The highest BCUT2D eigenvalue weighted by atomic mass is 16.5. The van der Waals surface area contributed by atoms with Crippen LogP contribution in [0.2, 0.25) is 0 Å². The van der Waals surface area contributed by atoms with Crippen LogP contribution in [0.5, 0.6) is 11.5 Å². The Hall–Kier alpha value is -2.37. The van der Waals surface area contributed by atoms with E-state index in [9.17, 15) is 14.4 Å². The fourth-order valence-corrected chi connectivity index (χ4v) is 1.77. The number of carboxylic acids is 1. The number of hydrogen-bond donors (Lipinski definition) is 1. The maximum absolute atomic E-state index is 11.1. The average Bonchev–Trinajstić information content (AvgIpc) is 2.25. The molecule has 108 valence electrons. The third-order valence-electron chi connectivity index (χ3n) is 2.44. The molecule has 20 heavy (non-hydrogen) atoms. The van der Waals surface area contributed by atoms with Crippen LogP contribution in [0.4, 0.5) is 0 Å². The molecule has 0 radical (unpaired) electrons. The molecule has 0 heterocycles. The molecule has 0 unspecified atom stereocenters. The predicted molar refractivity (Wildman–Crippen MR) is 70.1 cm³/mol. The molecule has 1 N–H and O–H groups in total. The molecule has 0 saturated heterocycles. The molecule has 0 fully saturated rings. The van der Waals surface area contributed by atoms with E-state index in [2.05, 4.69) is 0 Å². The van der Waals surface area contributed by atoms with Crippen molar-refractivity contribution in [1.29, 1.82) is 0 Å². The highest BCUT2D eigenvalue weighted by Crippen LogP contribution is 2.37. The molecule has 0 bridgehead atoms. The van der Waals surface area contributed by atoms with Crippen molar-refractivity contribution < 1.29 is 29.0 Å². The molecule has 0 amide bonds. The summed E-state index contributed by atoms with van der Waals surface area (Å²) in [5.41, 5.74) is 0.349. The summed E-state index contributed by atoms with van der Waals surface area (Å²) in [6, 6.07) is 2.48. The molecule has 0 aromatic heterocycles. The van der Waals surface area contributed by atoms with E-state index >= 15 is 0 Å². The first-order valence-electron chi connectivity index (χ1n) is 6.00. The predicted octanol–water partition coefficient (Wildman–Crippen LogP) is 2.36. The van der Waals surface area contributed by atoms with Crippen LogP contribution in [0.3, 0.4) is 0 Å². The van der Waals surface area contributed by atoms with Crippen molar-refractivity contribution >= 4 is 17.9 Å². The van der Waals surface area contributed by atoms with E-state index in [4.69, 9.17) is 14.6 Å². The van der Waals surface area contributed by atoms with Crippen LogP contribution in [-0.2, 0) is 9.59 Å². The zero-order valence-electron chi connectivity index (χ0n) is 11.7. The zero-order chi connectivity index (χ0) is 15.4. The quantitative estimate of drug-likeness (QED) is 0.672. The molecule has 0 aliphatic rings. The minimum Gasteiger partial charge on any atom is -0.478 e. The largest absolute Gasteiger partial charge is 0.478 e. The van der Waals surface area contributed by atoms with Crippen LogP contribution in [0.15, 0.2) is 12.1 Å². The lowest BCUT2D eigenvalue weighted by Crippen LogP contribution is -2.11. The van der Waals surface area contributed by atoms with E-state index in [1.165, 1.54) is 26.0 Å². The fourth-order valence-electron chi connectivity index (χ4n) is 1.77. The van der Waals surface area contributed by atoms with Gasteiger partial charge in [-0.3, -0.25) is 9.59 Å². The molecule has 0 aliphatic heterocycles. The maximum Gasteiger partial charge on any atom is 0.335 e. The van der Waals surface area contributed by atoms with Crippen molar-refractivity contribution in [2.24, 2.45) is 0 Å². The van der Waals surface area contributed by atoms with Gasteiger partial charge in [0.1, 0.15) is 11.5 Å². The maximum atomic E-state index is 11.1. The van der Waals surface area contributed by atoms with Crippen LogP contribution in [0.1, 0.15) is 49.5 Å². The lowest BCUT2D eigenvalue weighted by Gasteiger charge is -2.17. The molecule has 1 aromatic carbocycles. The number of benzene rings is 1. The standard InChI is InChI=1S/C14H16O6/c1-7(2)13-11(19-8(3)15)5-10(14(17)18)6-12(13)20-9(4)16/h5-7H,1-4H3,(H,17,18). The first-order chi connectivity index (χ1) is 9.22. The van der Waals surface area contributed by atoms with Crippen LogP contribution < -0.4 is 9.47 Å². The number of rotatable bonds is 4. The third kappa shape index (κ3) is 3.81. The average molecular weight is 280 g/mol. The van der Waals surface area contributed by atoms with E-state index < -0.39 is 17.9 Å². The Labute approximate surface area is 116 Å². The van der Waals surface area contributed by atoms with Crippen LogP contribution >= 0.6 is 0 Å². The van der Waals surface area contributed by atoms with E-state index in [0.29, 0.717) is 5.56 Å². The van der Waals surface area contributed by atoms with Gasteiger partial charge in [-0.25, -0.2) is 4.79 Å². The van der Waals surface area contributed by atoms with Gasteiger partial charge in [0.25, 0.3) is 0 Å². The number of aromatic carboxylic acids is 1. The number of hydrogen-bond acceptors (Lipinski definition) is 5. The number of esters is 2. The van der Waals surface area contributed by atoms with Crippen molar-refractivity contribution in [2.45, 2.75) is 33.6 Å².